The van der Waals surface area contributed by atoms with Gasteiger partial charge in [-0.3, -0.25) is 4.90 Å². The van der Waals surface area contributed by atoms with Gasteiger partial charge < -0.3 is 4.98 Å². The van der Waals surface area contributed by atoms with E-state index in [9.17, 15) is 0 Å². The number of aromatic amines is 1. The molecule has 3 heteroatoms. The van der Waals surface area contributed by atoms with E-state index in [-0.39, 0.29) is 5.54 Å². The Morgan fingerprint density at radius 3 is 2.42 bits per heavy atom. The number of hydrogen-bond donors (Lipinski definition) is 1. The molecule has 4 rings (SSSR count). The molecule has 1 aliphatic rings. The van der Waals surface area contributed by atoms with Crippen molar-refractivity contribution >= 4 is 22.5 Å². The maximum atomic E-state index is 6.37. The minimum Gasteiger partial charge on any atom is -0.354 e. The van der Waals surface area contributed by atoms with Gasteiger partial charge in [0.15, 0.2) is 0 Å². The molecule has 0 spiro atoms. The minimum absolute atomic E-state index is 0.277. The third-order valence-corrected chi connectivity index (χ3v) is 6.05. The summed E-state index contributed by atoms with van der Waals surface area (Å²) < 4.78 is 0. The van der Waals surface area contributed by atoms with Crippen LogP contribution in [0.2, 0.25) is 5.02 Å². The summed E-state index contributed by atoms with van der Waals surface area (Å²) in [7, 11) is 0. The van der Waals surface area contributed by atoms with E-state index in [4.69, 9.17) is 11.6 Å². The second-order valence-electron chi connectivity index (χ2n) is 8.44. The van der Waals surface area contributed by atoms with Crippen molar-refractivity contribution in [2.24, 2.45) is 0 Å². The van der Waals surface area contributed by atoms with E-state index < -0.39 is 0 Å². The number of hydrogen-bond acceptors (Lipinski definition) is 1. The third kappa shape index (κ3) is 3.41. The van der Waals surface area contributed by atoms with Gasteiger partial charge in [-0.25, -0.2) is 0 Å². The molecule has 2 aromatic carbocycles. The number of benzene rings is 2. The molecule has 0 aliphatic carbocycles. The van der Waals surface area contributed by atoms with Crippen molar-refractivity contribution in [2.75, 3.05) is 13.1 Å². The average Bonchev–Trinajstić information content (AvgIpc) is 3.04. The van der Waals surface area contributed by atoms with Crippen molar-refractivity contribution in [3.05, 3.63) is 59.1 Å². The summed E-state index contributed by atoms with van der Waals surface area (Å²) in [6, 6.07) is 17.1. The van der Waals surface area contributed by atoms with Gasteiger partial charge in [0.05, 0.1) is 0 Å². The van der Waals surface area contributed by atoms with Gasteiger partial charge in [-0.1, -0.05) is 35.9 Å². The number of piperidine rings is 1. The highest BCUT2D eigenvalue weighted by Gasteiger charge is 2.27. The van der Waals surface area contributed by atoms with Crippen LogP contribution in [0.15, 0.2) is 48.5 Å². The summed E-state index contributed by atoms with van der Waals surface area (Å²) in [5.41, 5.74) is 5.07. The van der Waals surface area contributed by atoms with Gasteiger partial charge in [0, 0.05) is 32.7 Å². The van der Waals surface area contributed by atoms with Gasteiger partial charge in [-0.15, -0.1) is 0 Å². The summed E-state index contributed by atoms with van der Waals surface area (Å²) in [6.07, 6.45) is 2.48. The first-order chi connectivity index (χ1) is 12.4. The molecule has 1 saturated heterocycles. The normalized spacial score (nSPS) is 17.1. The molecule has 1 N–H and O–H groups in total. The van der Waals surface area contributed by atoms with Crippen molar-refractivity contribution in [3.8, 4) is 11.3 Å². The van der Waals surface area contributed by atoms with Crippen LogP contribution in [0.1, 0.15) is 45.1 Å². The van der Waals surface area contributed by atoms with Crippen LogP contribution in [0, 0.1) is 0 Å². The first-order valence-electron chi connectivity index (χ1n) is 9.54. The molecule has 0 atom stereocenters. The fourth-order valence-corrected chi connectivity index (χ4v) is 4.35. The van der Waals surface area contributed by atoms with Crippen LogP contribution in [0.4, 0.5) is 0 Å². The predicted octanol–water partition coefficient (Wildman–Crippen LogP) is 6.47. The number of H-pyrrole nitrogens is 1. The fourth-order valence-electron chi connectivity index (χ4n) is 4.11. The molecule has 0 unspecified atom stereocenters. The standard InChI is InChI=1S/C23H27ClN2/c1-23(2,3)26-12-10-16(11-13-26)17-8-9-21-18(14-17)15-22(25-21)19-6-4-5-7-20(19)24/h4-9,14-16,25H,10-13H2,1-3H3. The lowest BCUT2D eigenvalue weighted by Crippen LogP contribution is -2.45. The number of fused-ring (bicyclic) bond motifs is 1. The molecule has 1 fully saturated rings. The molecular weight excluding hydrogens is 340 g/mol. The molecule has 0 radical (unpaired) electrons. The molecule has 2 nitrogen and oxygen atoms in total. The van der Waals surface area contributed by atoms with Crippen molar-refractivity contribution in [2.45, 2.75) is 45.1 Å². The molecular formula is C23H27ClN2. The number of nitrogens with zero attached hydrogens (tertiary/aromatic N) is 1. The van der Waals surface area contributed by atoms with E-state index >= 15 is 0 Å². The Morgan fingerprint density at radius 1 is 1.00 bits per heavy atom. The molecule has 3 aromatic rings. The van der Waals surface area contributed by atoms with E-state index in [0.717, 1.165) is 16.3 Å². The third-order valence-electron chi connectivity index (χ3n) is 5.72. The van der Waals surface area contributed by atoms with Crippen LogP contribution in [-0.4, -0.2) is 28.5 Å². The van der Waals surface area contributed by atoms with E-state index in [1.165, 1.54) is 42.4 Å². The topological polar surface area (TPSA) is 19.0 Å². The van der Waals surface area contributed by atoms with Crippen molar-refractivity contribution in [1.29, 1.82) is 0 Å². The number of nitrogens with one attached hydrogen (secondary N) is 1. The van der Waals surface area contributed by atoms with E-state index in [1.54, 1.807) is 0 Å². The Hall–Kier alpha value is -1.77. The fraction of sp³-hybridized carbons (Fsp3) is 0.391. The van der Waals surface area contributed by atoms with Crippen molar-refractivity contribution in [3.63, 3.8) is 0 Å². The van der Waals surface area contributed by atoms with Gasteiger partial charge >= 0.3 is 0 Å². The summed E-state index contributed by atoms with van der Waals surface area (Å²) >= 11 is 6.37. The highest BCUT2D eigenvalue weighted by molar-refractivity contribution is 6.33. The Bertz CT molecular complexity index is 911. The Labute approximate surface area is 161 Å². The van der Waals surface area contributed by atoms with Gasteiger partial charge in [0.1, 0.15) is 0 Å². The largest absolute Gasteiger partial charge is 0.354 e. The quantitative estimate of drug-likeness (QED) is 0.550. The molecule has 1 aromatic heterocycles. The molecule has 0 saturated carbocycles. The van der Waals surface area contributed by atoms with E-state index in [0.29, 0.717) is 5.92 Å². The number of halogens is 1. The summed E-state index contributed by atoms with van der Waals surface area (Å²) in [5.74, 6) is 0.664. The van der Waals surface area contributed by atoms with Crippen LogP contribution in [-0.2, 0) is 0 Å². The zero-order valence-corrected chi connectivity index (χ0v) is 16.6. The van der Waals surface area contributed by atoms with Gasteiger partial charge in [-0.2, -0.15) is 0 Å². The average molecular weight is 367 g/mol. The maximum absolute atomic E-state index is 6.37. The van der Waals surface area contributed by atoms with Crippen molar-refractivity contribution in [1.82, 2.24) is 9.88 Å². The number of likely N-dealkylation sites (tertiary alicyclic amines) is 1. The maximum Gasteiger partial charge on any atom is 0.0499 e. The van der Waals surface area contributed by atoms with Crippen LogP contribution in [0.3, 0.4) is 0 Å². The molecule has 0 amide bonds. The highest BCUT2D eigenvalue weighted by Crippen LogP contribution is 2.34. The molecule has 1 aliphatic heterocycles. The predicted molar refractivity (Wildman–Crippen MR) is 112 cm³/mol. The lowest BCUT2D eigenvalue weighted by Gasteiger charge is -2.41. The van der Waals surface area contributed by atoms with Gasteiger partial charge in [-0.05, 0) is 82.4 Å². The first kappa shape index (κ1) is 17.6. The van der Waals surface area contributed by atoms with Crippen LogP contribution < -0.4 is 0 Å². The molecule has 136 valence electrons. The second kappa shape index (κ2) is 6.75. The van der Waals surface area contributed by atoms with Crippen molar-refractivity contribution < 1.29 is 0 Å². The monoisotopic (exact) mass is 366 g/mol. The SMILES string of the molecule is CC(C)(C)N1CCC(c2ccc3[nH]c(-c4ccccc4Cl)cc3c2)CC1. The zero-order valence-electron chi connectivity index (χ0n) is 15.8. The zero-order chi connectivity index (χ0) is 18.3. The smallest absolute Gasteiger partial charge is 0.0499 e. The first-order valence-corrected chi connectivity index (χ1v) is 9.92. The Morgan fingerprint density at radius 2 is 1.73 bits per heavy atom. The molecule has 0 bridgehead atoms. The van der Waals surface area contributed by atoms with Crippen LogP contribution in [0.25, 0.3) is 22.2 Å². The Kier molecular flexibility index (Phi) is 4.58. The van der Waals surface area contributed by atoms with E-state index in [1.807, 2.05) is 18.2 Å². The summed E-state index contributed by atoms with van der Waals surface area (Å²) in [5, 5.41) is 2.06. The second-order valence-corrected chi connectivity index (χ2v) is 8.85. The summed E-state index contributed by atoms with van der Waals surface area (Å²) in [4.78, 5) is 6.12. The number of aromatic nitrogens is 1. The Balaban J connectivity index is 1.58. The summed E-state index contributed by atoms with van der Waals surface area (Å²) in [6.45, 7) is 9.31. The van der Waals surface area contributed by atoms with Gasteiger partial charge in [0.2, 0.25) is 0 Å². The van der Waals surface area contributed by atoms with Crippen LogP contribution in [0.5, 0.6) is 0 Å². The lowest BCUT2D eigenvalue weighted by molar-refractivity contribution is 0.102. The number of rotatable bonds is 2. The molecule has 2 heterocycles. The highest BCUT2D eigenvalue weighted by atomic mass is 35.5. The lowest BCUT2D eigenvalue weighted by atomic mass is 9.87. The van der Waals surface area contributed by atoms with Gasteiger partial charge in [0.25, 0.3) is 0 Å². The minimum atomic E-state index is 0.277. The van der Waals surface area contributed by atoms with Crippen LogP contribution >= 0.6 is 11.6 Å². The van der Waals surface area contributed by atoms with E-state index in [2.05, 4.69) is 61.0 Å². The molecule has 26 heavy (non-hydrogen) atoms.